The molecule has 0 amide bonds. The van der Waals surface area contributed by atoms with Gasteiger partial charge < -0.3 is 4.90 Å². The molecule has 1 atom stereocenters. The Morgan fingerprint density at radius 1 is 1.10 bits per heavy atom. The average Bonchev–Trinajstić information content (AvgIpc) is 3.43. The fourth-order valence-electron chi connectivity index (χ4n) is 3.63. The predicted octanol–water partition coefficient (Wildman–Crippen LogP) is 2.64. The number of hydrogen-bond donors (Lipinski definition) is 0. The number of anilines is 1. The van der Waals surface area contributed by atoms with E-state index in [4.69, 9.17) is 0 Å². The minimum atomic E-state index is -4.55. The topological polar surface area (TPSA) is 89.9 Å². The molecule has 0 bridgehead atoms. The Balaban J connectivity index is 1.48. The summed E-state index contributed by atoms with van der Waals surface area (Å²) >= 11 is 0. The van der Waals surface area contributed by atoms with Gasteiger partial charge in [-0.1, -0.05) is 0 Å². The SMILES string of the molecule is FC(F)(F)c1cn2c(-c3nccc(N4CCCC(n5cncn5)C4)n3)cnc2cn1. The largest absolute Gasteiger partial charge is 0.434 e. The molecule has 4 aromatic rings. The lowest BCUT2D eigenvalue weighted by Gasteiger charge is -2.33. The fraction of sp³-hybridized carbons (Fsp3) is 0.333. The number of imidazole rings is 1. The van der Waals surface area contributed by atoms with E-state index in [-0.39, 0.29) is 11.7 Å². The highest BCUT2D eigenvalue weighted by Gasteiger charge is 2.33. The molecule has 4 aromatic heterocycles. The van der Waals surface area contributed by atoms with E-state index >= 15 is 0 Å². The zero-order valence-corrected chi connectivity index (χ0v) is 15.6. The van der Waals surface area contributed by atoms with Gasteiger partial charge in [0, 0.05) is 25.5 Å². The lowest BCUT2D eigenvalue weighted by Crippen LogP contribution is -2.37. The molecular formula is C18H16F3N9. The molecule has 30 heavy (non-hydrogen) atoms. The Kier molecular flexibility index (Phi) is 4.33. The first kappa shape index (κ1) is 18.5. The van der Waals surface area contributed by atoms with Gasteiger partial charge in [-0.05, 0) is 18.9 Å². The molecule has 0 saturated carbocycles. The summed E-state index contributed by atoms with van der Waals surface area (Å²) in [5.74, 6) is 0.993. The second-order valence-corrected chi connectivity index (χ2v) is 7.00. The highest BCUT2D eigenvalue weighted by atomic mass is 19.4. The number of halogens is 3. The summed E-state index contributed by atoms with van der Waals surface area (Å²) in [5, 5.41) is 4.23. The summed E-state index contributed by atoms with van der Waals surface area (Å²) in [5.41, 5.74) is -0.349. The molecule has 1 fully saturated rings. The molecule has 0 aliphatic carbocycles. The van der Waals surface area contributed by atoms with Crippen molar-refractivity contribution in [1.29, 1.82) is 0 Å². The maximum absolute atomic E-state index is 13.1. The smallest absolute Gasteiger partial charge is 0.354 e. The third kappa shape index (κ3) is 3.33. The number of hydrogen-bond acceptors (Lipinski definition) is 7. The number of nitrogens with zero attached hydrogens (tertiary/aromatic N) is 9. The summed E-state index contributed by atoms with van der Waals surface area (Å²) < 4.78 is 42.4. The zero-order valence-electron chi connectivity index (χ0n) is 15.6. The van der Waals surface area contributed by atoms with Crippen LogP contribution in [-0.2, 0) is 6.18 Å². The molecular weight excluding hydrogens is 399 g/mol. The number of piperidine rings is 1. The van der Waals surface area contributed by atoms with E-state index in [1.165, 1.54) is 16.9 Å². The molecule has 9 nitrogen and oxygen atoms in total. The second kappa shape index (κ2) is 7.04. The van der Waals surface area contributed by atoms with Gasteiger partial charge in [-0.25, -0.2) is 29.6 Å². The molecule has 1 saturated heterocycles. The van der Waals surface area contributed by atoms with Crippen LogP contribution in [0.15, 0.2) is 43.5 Å². The number of alkyl halides is 3. The van der Waals surface area contributed by atoms with Crippen LogP contribution in [0.3, 0.4) is 0 Å². The normalized spacial score (nSPS) is 17.6. The Labute approximate surface area is 168 Å². The van der Waals surface area contributed by atoms with Crippen molar-refractivity contribution in [1.82, 2.24) is 39.1 Å². The van der Waals surface area contributed by atoms with Gasteiger partial charge in [0.25, 0.3) is 0 Å². The lowest BCUT2D eigenvalue weighted by molar-refractivity contribution is -0.141. The van der Waals surface area contributed by atoms with E-state index in [1.54, 1.807) is 18.6 Å². The monoisotopic (exact) mass is 415 g/mol. The van der Waals surface area contributed by atoms with Gasteiger partial charge in [-0.2, -0.15) is 18.3 Å². The molecule has 0 spiro atoms. The number of rotatable bonds is 3. The number of aromatic nitrogens is 8. The first-order valence-corrected chi connectivity index (χ1v) is 9.32. The first-order chi connectivity index (χ1) is 14.5. The molecule has 1 unspecified atom stereocenters. The van der Waals surface area contributed by atoms with Crippen molar-refractivity contribution in [3.63, 3.8) is 0 Å². The average molecular weight is 415 g/mol. The molecule has 1 aliphatic rings. The highest BCUT2D eigenvalue weighted by Crippen LogP contribution is 2.29. The van der Waals surface area contributed by atoms with Crippen molar-refractivity contribution in [3.8, 4) is 11.5 Å². The predicted molar refractivity (Wildman–Crippen MR) is 99.5 cm³/mol. The molecule has 0 aromatic carbocycles. The third-order valence-corrected chi connectivity index (χ3v) is 5.09. The Morgan fingerprint density at radius 3 is 2.80 bits per heavy atom. The van der Waals surface area contributed by atoms with Gasteiger partial charge >= 0.3 is 6.18 Å². The van der Waals surface area contributed by atoms with Crippen LogP contribution in [-0.4, -0.2) is 52.2 Å². The van der Waals surface area contributed by atoms with Crippen molar-refractivity contribution in [2.45, 2.75) is 25.1 Å². The van der Waals surface area contributed by atoms with Crippen LogP contribution in [0.25, 0.3) is 17.2 Å². The lowest BCUT2D eigenvalue weighted by atomic mass is 10.1. The van der Waals surface area contributed by atoms with Gasteiger partial charge in [0.2, 0.25) is 0 Å². The van der Waals surface area contributed by atoms with Crippen molar-refractivity contribution in [2.24, 2.45) is 0 Å². The first-order valence-electron chi connectivity index (χ1n) is 9.32. The quantitative estimate of drug-likeness (QED) is 0.508. The van der Waals surface area contributed by atoms with E-state index in [9.17, 15) is 13.2 Å². The summed E-state index contributed by atoms with van der Waals surface area (Å²) in [6, 6.07) is 1.97. The fourth-order valence-corrected chi connectivity index (χ4v) is 3.63. The van der Waals surface area contributed by atoms with E-state index < -0.39 is 11.9 Å². The van der Waals surface area contributed by atoms with Crippen LogP contribution in [0.5, 0.6) is 0 Å². The minimum absolute atomic E-state index is 0.177. The van der Waals surface area contributed by atoms with Crippen LogP contribution in [0, 0.1) is 0 Å². The zero-order chi connectivity index (χ0) is 20.7. The molecule has 5 rings (SSSR count). The van der Waals surface area contributed by atoms with Crippen LogP contribution in [0.4, 0.5) is 19.0 Å². The maximum atomic E-state index is 13.1. The Bertz CT molecular complexity index is 1170. The highest BCUT2D eigenvalue weighted by molar-refractivity contribution is 5.58. The maximum Gasteiger partial charge on any atom is 0.434 e. The molecule has 0 radical (unpaired) electrons. The van der Waals surface area contributed by atoms with Gasteiger partial charge in [0.1, 0.15) is 24.2 Å². The molecule has 0 N–H and O–H groups in total. The molecule has 5 heterocycles. The summed E-state index contributed by atoms with van der Waals surface area (Å²) in [6.07, 6.45) is 5.65. The summed E-state index contributed by atoms with van der Waals surface area (Å²) in [6.45, 7) is 1.52. The van der Waals surface area contributed by atoms with Crippen LogP contribution in [0.2, 0.25) is 0 Å². The van der Waals surface area contributed by atoms with E-state index in [0.29, 0.717) is 23.9 Å². The Morgan fingerprint density at radius 2 is 2.00 bits per heavy atom. The summed E-state index contributed by atoms with van der Waals surface area (Å²) in [7, 11) is 0. The Hall–Kier alpha value is -3.57. The van der Waals surface area contributed by atoms with Crippen molar-refractivity contribution in [3.05, 3.63) is 49.2 Å². The molecule has 1 aliphatic heterocycles. The van der Waals surface area contributed by atoms with E-state index in [2.05, 4.69) is 34.9 Å². The second-order valence-electron chi connectivity index (χ2n) is 7.00. The molecule has 154 valence electrons. The van der Waals surface area contributed by atoms with Gasteiger partial charge in [0.15, 0.2) is 17.2 Å². The molecule has 12 heteroatoms. The minimum Gasteiger partial charge on any atom is -0.354 e. The third-order valence-electron chi connectivity index (χ3n) is 5.09. The van der Waals surface area contributed by atoms with E-state index in [0.717, 1.165) is 31.8 Å². The summed E-state index contributed by atoms with van der Waals surface area (Å²) in [4.78, 5) is 22.6. The van der Waals surface area contributed by atoms with Gasteiger partial charge in [-0.15, -0.1) is 0 Å². The van der Waals surface area contributed by atoms with Crippen molar-refractivity contribution >= 4 is 11.5 Å². The number of fused-ring (bicyclic) bond motifs is 1. The van der Waals surface area contributed by atoms with Crippen LogP contribution >= 0.6 is 0 Å². The van der Waals surface area contributed by atoms with Gasteiger partial charge in [0.05, 0.1) is 18.4 Å². The van der Waals surface area contributed by atoms with E-state index in [1.807, 2.05) is 4.68 Å². The van der Waals surface area contributed by atoms with Crippen molar-refractivity contribution < 1.29 is 13.2 Å². The van der Waals surface area contributed by atoms with Crippen LogP contribution in [0.1, 0.15) is 24.6 Å². The standard InChI is InChI=1S/C18H16F3N9/c19-18(20,21)14-9-29-13(6-25-16(29)7-24-14)17-23-4-3-15(27-17)28-5-1-2-12(8-28)30-11-22-10-26-30/h3-4,6-7,9-12H,1-2,5,8H2. The van der Waals surface area contributed by atoms with Gasteiger partial charge in [-0.3, -0.25) is 4.40 Å². The van der Waals surface area contributed by atoms with Crippen molar-refractivity contribution in [2.75, 3.05) is 18.0 Å². The van der Waals surface area contributed by atoms with Crippen LogP contribution < -0.4 is 4.90 Å².